The Morgan fingerprint density at radius 2 is 2.00 bits per heavy atom. The van der Waals surface area contributed by atoms with Gasteiger partial charge in [0.15, 0.2) is 0 Å². The Morgan fingerprint density at radius 1 is 1.39 bits per heavy atom. The molecule has 4 nitrogen and oxygen atoms in total. The van der Waals surface area contributed by atoms with Gasteiger partial charge in [-0.15, -0.1) is 0 Å². The first-order valence-electron chi connectivity index (χ1n) is 6.60. The van der Waals surface area contributed by atoms with Gasteiger partial charge in [0.25, 0.3) is 0 Å². The third-order valence-corrected chi connectivity index (χ3v) is 4.85. The smallest absolute Gasteiger partial charge is 0.203 e. The van der Waals surface area contributed by atoms with Crippen molar-refractivity contribution in [3.05, 3.63) is 12.4 Å². The van der Waals surface area contributed by atoms with E-state index in [9.17, 15) is 0 Å². The second-order valence-electron chi connectivity index (χ2n) is 6.48. The van der Waals surface area contributed by atoms with Crippen molar-refractivity contribution in [3.63, 3.8) is 0 Å². The topological polar surface area (TPSA) is 39.1 Å². The summed E-state index contributed by atoms with van der Waals surface area (Å²) < 4.78 is 7.36. The summed E-state index contributed by atoms with van der Waals surface area (Å²) in [6, 6.07) is 0.769. The van der Waals surface area contributed by atoms with E-state index in [1.54, 1.807) is 7.11 Å². The van der Waals surface area contributed by atoms with Crippen LogP contribution in [0.4, 0.5) is 5.95 Å². The van der Waals surface area contributed by atoms with Crippen LogP contribution in [0.15, 0.2) is 12.4 Å². The van der Waals surface area contributed by atoms with Crippen molar-refractivity contribution in [2.45, 2.75) is 46.7 Å². The molecular weight excluding hydrogens is 226 g/mol. The number of anilines is 1. The maximum Gasteiger partial charge on any atom is 0.203 e. The third-order valence-electron chi connectivity index (χ3n) is 4.85. The monoisotopic (exact) mass is 251 g/mol. The lowest BCUT2D eigenvalue weighted by Crippen LogP contribution is -2.18. The van der Waals surface area contributed by atoms with Crippen LogP contribution in [0.3, 0.4) is 0 Å². The molecule has 1 aromatic heterocycles. The van der Waals surface area contributed by atoms with E-state index >= 15 is 0 Å². The number of nitrogens with one attached hydrogen (secondary N) is 1. The fourth-order valence-electron chi connectivity index (χ4n) is 2.79. The van der Waals surface area contributed by atoms with E-state index in [2.05, 4.69) is 49.5 Å². The summed E-state index contributed by atoms with van der Waals surface area (Å²) in [5.74, 6) is 0.947. The maximum absolute atomic E-state index is 5.21. The van der Waals surface area contributed by atoms with E-state index < -0.39 is 0 Å². The molecule has 1 saturated carbocycles. The molecule has 1 N–H and O–H groups in total. The maximum atomic E-state index is 5.21. The number of aromatic nitrogens is 2. The number of hydrogen-bond donors (Lipinski definition) is 1. The predicted molar refractivity (Wildman–Crippen MR) is 73.8 cm³/mol. The summed E-state index contributed by atoms with van der Waals surface area (Å²) in [6.07, 6.45) is 3.85. The molecular formula is C14H25N3O. The van der Waals surface area contributed by atoms with Crippen LogP contribution in [0.5, 0.6) is 0 Å². The highest BCUT2D eigenvalue weighted by Gasteiger charge is 2.65. The first-order valence-corrected chi connectivity index (χ1v) is 6.60. The molecule has 1 heterocycles. The van der Waals surface area contributed by atoms with E-state index in [1.807, 2.05) is 12.4 Å². The highest BCUT2D eigenvalue weighted by molar-refractivity contribution is 5.37. The fourth-order valence-corrected chi connectivity index (χ4v) is 2.79. The Kier molecular flexibility index (Phi) is 3.18. The van der Waals surface area contributed by atoms with E-state index in [-0.39, 0.29) is 0 Å². The zero-order chi connectivity index (χ0) is 13.6. The molecule has 0 spiro atoms. The molecule has 0 amide bonds. The summed E-state index contributed by atoms with van der Waals surface area (Å²) in [7, 11) is 1.73. The number of ether oxygens (including phenoxy) is 1. The molecule has 18 heavy (non-hydrogen) atoms. The van der Waals surface area contributed by atoms with Gasteiger partial charge in [-0.05, 0) is 17.8 Å². The third kappa shape index (κ3) is 1.92. The van der Waals surface area contributed by atoms with Gasteiger partial charge in [-0.2, -0.15) is 0 Å². The number of methoxy groups -OCH3 is 1. The Balaban J connectivity index is 2.10. The standard InChI is InChI=1S/C14H25N3O/c1-10(9-18-6)17-8-7-15-12(17)16-11-13(2,3)14(11,4)5/h7-8,10-11H,9H2,1-6H3,(H,15,16). The highest BCUT2D eigenvalue weighted by Crippen LogP contribution is 2.63. The molecule has 4 heteroatoms. The molecule has 1 atom stereocenters. The first-order chi connectivity index (χ1) is 8.32. The average Bonchev–Trinajstić information content (AvgIpc) is 2.68. The first kappa shape index (κ1) is 13.4. The second kappa shape index (κ2) is 4.26. The molecule has 0 aliphatic heterocycles. The summed E-state index contributed by atoms with van der Waals surface area (Å²) in [5, 5.41) is 3.58. The van der Waals surface area contributed by atoms with E-state index in [1.165, 1.54) is 0 Å². The van der Waals surface area contributed by atoms with Crippen LogP contribution in [0.2, 0.25) is 0 Å². The number of hydrogen-bond acceptors (Lipinski definition) is 3. The van der Waals surface area contributed by atoms with Gasteiger partial charge in [0.05, 0.1) is 12.6 Å². The van der Waals surface area contributed by atoms with Crippen molar-refractivity contribution in [1.82, 2.24) is 9.55 Å². The average molecular weight is 251 g/mol. The van der Waals surface area contributed by atoms with Gasteiger partial charge in [-0.3, -0.25) is 0 Å². The van der Waals surface area contributed by atoms with Crippen LogP contribution in [-0.2, 0) is 4.74 Å². The van der Waals surface area contributed by atoms with E-state index in [0.717, 1.165) is 5.95 Å². The van der Waals surface area contributed by atoms with Crippen LogP contribution >= 0.6 is 0 Å². The van der Waals surface area contributed by atoms with Gasteiger partial charge in [0.1, 0.15) is 0 Å². The lowest BCUT2D eigenvalue weighted by molar-refractivity contribution is 0.163. The second-order valence-corrected chi connectivity index (χ2v) is 6.48. The molecule has 0 saturated heterocycles. The van der Waals surface area contributed by atoms with Gasteiger partial charge in [-0.1, -0.05) is 27.7 Å². The van der Waals surface area contributed by atoms with Crippen molar-refractivity contribution in [1.29, 1.82) is 0 Å². The van der Waals surface area contributed by atoms with Crippen LogP contribution in [-0.4, -0.2) is 29.3 Å². The molecule has 0 aromatic carbocycles. The van der Waals surface area contributed by atoms with Gasteiger partial charge in [0, 0.05) is 25.5 Å². The van der Waals surface area contributed by atoms with Gasteiger partial charge >= 0.3 is 0 Å². The van der Waals surface area contributed by atoms with E-state index in [0.29, 0.717) is 29.5 Å². The van der Waals surface area contributed by atoms with E-state index in [4.69, 9.17) is 4.74 Å². The SMILES string of the molecule is COCC(C)n1ccnc1NC1C(C)(C)C1(C)C. The summed E-state index contributed by atoms with van der Waals surface area (Å²) in [6.45, 7) is 12.0. The fraction of sp³-hybridized carbons (Fsp3) is 0.786. The largest absolute Gasteiger partial charge is 0.383 e. The zero-order valence-corrected chi connectivity index (χ0v) is 12.3. The summed E-state index contributed by atoms with van der Waals surface area (Å²) >= 11 is 0. The molecule has 2 rings (SSSR count). The number of nitrogens with zero attached hydrogens (tertiary/aromatic N) is 2. The minimum Gasteiger partial charge on any atom is -0.383 e. The van der Waals surface area contributed by atoms with Gasteiger partial charge in [-0.25, -0.2) is 4.98 Å². The normalized spacial score (nSPS) is 22.8. The van der Waals surface area contributed by atoms with Crippen molar-refractivity contribution in [2.24, 2.45) is 10.8 Å². The van der Waals surface area contributed by atoms with Crippen LogP contribution in [0.25, 0.3) is 0 Å². The quantitative estimate of drug-likeness (QED) is 0.874. The molecule has 1 unspecified atom stereocenters. The molecule has 102 valence electrons. The van der Waals surface area contributed by atoms with Crippen molar-refractivity contribution < 1.29 is 4.74 Å². The number of imidazole rings is 1. The Morgan fingerprint density at radius 3 is 2.50 bits per heavy atom. The molecule has 1 aromatic rings. The molecule has 0 bridgehead atoms. The van der Waals surface area contributed by atoms with Crippen molar-refractivity contribution >= 4 is 5.95 Å². The van der Waals surface area contributed by atoms with Crippen LogP contribution in [0.1, 0.15) is 40.7 Å². The summed E-state index contributed by atoms with van der Waals surface area (Å²) in [5.41, 5.74) is 0.628. The zero-order valence-electron chi connectivity index (χ0n) is 12.3. The minimum atomic E-state index is 0.296. The molecule has 1 fully saturated rings. The molecule has 0 radical (unpaired) electrons. The Hall–Kier alpha value is -1.03. The van der Waals surface area contributed by atoms with Crippen LogP contribution in [0, 0.1) is 10.8 Å². The van der Waals surface area contributed by atoms with Crippen LogP contribution < -0.4 is 5.32 Å². The van der Waals surface area contributed by atoms with Crippen molar-refractivity contribution in [2.75, 3.05) is 19.0 Å². The highest BCUT2D eigenvalue weighted by atomic mass is 16.5. The summed E-state index contributed by atoms with van der Waals surface area (Å²) in [4.78, 5) is 4.43. The Bertz CT molecular complexity index is 408. The van der Waals surface area contributed by atoms with Gasteiger partial charge < -0.3 is 14.6 Å². The number of rotatable bonds is 5. The Labute approximate surface area is 110 Å². The molecule has 1 aliphatic rings. The molecule has 1 aliphatic carbocycles. The minimum absolute atomic E-state index is 0.296. The van der Waals surface area contributed by atoms with Gasteiger partial charge in [0.2, 0.25) is 5.95 Å². The predicted octanol–water partition coefficient (Wildman–Crippen LogP) is 2.94. The van der Waals surface area contributed by atoms with Crippen molar-refractivity contribution in [3.8, 4) is 0 Å². The lowest BCUT2D eigenvalue weighted by atomic mass is 10.0. The lowest BCUT2D eigenvalue weighted by Gasteiger charge is -2.17.